The number of carbonyl (C=O) groups is 2. The molecule has 0 fully saturated rings. The Labute approximate surface area is 126 Å². The van der Waals surface area contributed by atoms with Crippen LogP contribution in [0.5, 0.6) is 0 Å². The van der Waals surface area contributed by atoms with E-state index in [1.165, 1.54) is 0 Å². The molecule has 0 radical (unpaired) electrons. The number of ether oxygens (including phenoxy) is 1. The van der Waals surface area contributed by atoms with E-state index in [1.807, 2.05) is 39.2 Å². The van der Waals surface area contributed by atoms with Gasteiger partial charge in [0, 0.05) is 17.8 Å². The first-order valence-corrected chi connectivity index (χ1v) is 7.33. The fourth-order valence-corrected chi connectivity index (χ4v) is 2.49. The Kier molecular flexibility index (Phi) is 5.20. The number of rotatable bonds is 4. The van der Waals surface area contributed by atoms with Gasteiger partial charge < -0.3 is 14.6 Å². The summed E-state index contributed by atoms with van der Waals surface area (Å²) in [5, 5.41) is 2.95. The van der Waals surface area contributed by atoms with Gasteiger partial charge in [0.1, 0.15) is 5.69 Å². The topological polar surface area (TPSA) is 60.3 Å². The van der Waals surface area contributed by atoms with Crippen LogP contribution >= 0.6 is 0 Å². The minimum absolute atomic E-state index is 0.157. The van der Waals surface area contributed by atoms with Gasteiger partial charge in [-0.25, -0.2) is 4.79 Å². The summed E-state index contributed by atoms with van der Waals surface area (Å²) in [7, 11) is 0. The summed E-state index contributed by atoms with van der Waals surface area (Å²) >= 11 is 0. The van der Waals surface area contributed by atoms with Crippen molar-refractivity contribution in [2.75, 3.05) is 6.61 Å². The first-order valence-electron chi connectivity index (χ1n) is 7.33. The molecule has 0 aliphatic carbocycles. The third-order valence-corrected chi connectivity index (χ3v) is 3.27. The quantitative estimate of drug-likeness (QED) is 0.869. The molecule has 0 atom stereocenters. The second-order valence-corrected chi connectivity index (χ2v) is 6.10. The summed E-state index contributed by atoms with van der Waals surface area (Å²) in [5.41, 5.74) is 2.18. The van der Waals surface area contributed by atoms with Crippen LogP contribution in [-0.2, 0) is 11.3 Å². The second-order valence-electron chi connectivity index (χ2n) is 6.10. The fraction of sp³-hybridized carbons (Fsp3) is 0.625. The smallest absolute Gasteiger partial charge is 0.355 e. The lowest BCUT2D eigenvalue weighted by molar-refractivity contribution is 0.0512. The van der Waals surface area contributed by atoms with Crippen LogP contribution in [0, 0.1) is 13.8 Å². The van der Waals surface area contributed by atoms with Crippen LogP contribution in [-0.4, -0.2) is 28.6 Å². The average molecular weight is 294 g/mol. The number of amides is 1. The molecule has 1 aromatic rings. The van der Waals surface area contributed by atoms with Crippen molar-refractivity contribution >= 4 is 11.9 Å². The van der Waals surface area contributed by atoms with Crippen LogP contribution in [0.4, 0.5) is 0 Å². The largest absolute Gasteiger partial charge is 0.461 e. The van der Waals surface area contributed by atoms with Crippen LogP contribution in [0.1, 0.15) is 66.7 Å². The maximum atomic E-state index is 12.5. The SMILES string of the molecule is CCOC(=O)c1c(C)c(C(=O)NC(C)(C)C)c(C)n1CC. The third kappa shape index (κ3) is 3.65. The summed E-state index contributed by atoms with van der Waals surface area (Å²) in [5.74, 6) is -0.537. The molecule has 1 amide bonds. The standard InChI is InChI=1S/C16H26N2O3/c1-8-18-11(4)12(14(19)17-16(5,6)7)10(3)13(18)15(20)21-9-2/h8-9H2,1-7H3,(H,17,19). The molecule has 0 bridgehead atoms. The number of nitrogens with zero attached hydrogens (tertiary/aromatic N) is 1. The maximum Gasteiger partial charge on any atom is 0.355 e. The van der Waals surface area contributed by atoms with Crippen LogP contribution in [0.2, 0.25) is 0 Å². The highest BCUT2D eigenvalue weighted by atomic mass is 16.5. The van der Waals surface area contributed by atoms with E-state index in [0.29, 0.717) is 30.0 Å². The number of hydrogen-bond donors (Lipinski definition) is 1. The summed E-state index contributed by atoms with van der Waals surface area (Å²) in [6.45, 7) is 14.1. The Morgan fingerprint density at radius 1 is 1.19 bits per heavy atom. The normalized spacial score (nSPS) is 11.4. The molecule has 21 heavy (non-hydrogen) atoms. The highest BCUT2D eigenvalue weighted by Gasteiger charge is 2.28. The van der Waals surface area contributed by atoms with Gasteiger partial charge in [-0.05, 0) is 54.0 Å². The first-order chi connectivity index (χ1) is 9.64. The zero-order valence-corrected chi connectivity index (χ0v) is 14.1. The van der Waals surface area contributed by atoms with Crippen molar-refractivity contribution in [1.82, 2.24) is 9.88 Å². The summed E-state index contributed by atoms with van der Waals surface area (Å²) in [6, 6.07) is 0. The molecular formula is C16H26N2O3. The van der Waals surface area contributed by atoms with Gasteiger partial charge in [0.05, 0.1) is 12.2 Å². The Hall–Kier alpha value is -1.78. The number of nitrogens with one attached hydrogen (secondary N) is 1. The van der Waals surface area contributed by atoms with E-state index in [4.69, 9.17) is 4.74 Å². The molecule has 5 nitrogen and oxygen atoms in total. The van der Waals surface area contributed by atoms with E-state index in [-0.39, 0.29) is 17.4 Å². The van der Waals surface area contributed by atoms with Crippen LogP contribution in [0.15, 0.2) is 0 Å². The van der Waals surface area contributed by atoms with E-state index < -0.39 is 0 Å². The van der Waals surface area contributed by atoms with Crippen molar-refractivity contribution < 1.29 is 14.3 Å². The van der Waals surface area contributed by atoms with Crippen molar-refractivity contribution in [2.24, 2.45) is 0 Å². The molecule has 0 aromatic carbocycles. The molecule has 0 saturated heterocycles. The van der Waals surface area contributed by atoms with Crippen LogP contribution in [0.3, 0.4) is 0 Å². The third-order valence-electron chi connectivity index (χ3n) is 3.27. The summed E-state index contributed by atoms with van der Waals surface area (Å²) in [4.78, 5) is 24.6. The minimum Gasteiger partial charge on any atom is -0.461 e. The Morgan fingerprint density at radius 3 is 2.19 bits per heavy atom. The lowest BCUT2D eigenvalue weighted by Gasteiger charge is -2.20. The van der Waals surface area contributed by atoms with Crippen molar-refractivity contribution in [3.8, 4) is 0 Å². The number of aromatic nitrogens is 1. The second kappa shape index (κ2) is 6.33. The van der Waals surface area contributed by atoms with Gasteiger partial charge in [0.15, 0.2) is 0 Å². The van der Waals surface area contributed by atoms with Gasteiger partial charge in [-0.1, -0.05) is 0 Å². The van der Waals surface area contributed by atoms with Crippen LogP contribution < -0.4 is 5.32 Å². The van der Waals surface area contributed by atoms with Gasteiger partial charge in [-0.3, -0.25) is 4.79 Å². The molecule has 1 heterocycles. The monoisotopic (exact) mass is 294 g/mol. The maximum absolute atomic E-state index is 12.5. The number of hydrogen-bond acceptors (Lipinski definition) is 3. The summed E-state index contributed by atoms with van der Waals surface area (Å²) < 4.78 is 6.95. The van der Waals surface area contributed by atoms with Gasteiger partial charge >= 0.3 is 5.97 Å². The molecule has 1 rings (SSSR count). The summed E-state index contributed by atoms with van der Waals surface area (Å²) in [6.07, 6.45) is 0. The highest BCUT2D eigenvalue weighted by Crippen LogP contribution is 2.23. The molecule has 0 spiro atoms. The van der Waals surface area contributed by atoms with E-state index >= 15 is 0 Å². The van der Waals surface area contributed by atoms with Gasteiger partial charge in [-0.15, -0.1) is 0 Å². The van der Waals surface area contributed by atoms with Gasteiger partial charge in [0.2, 0.25) is 0 Å². The lowest BCUT2D eigenvalue weighted by Crippen LogP contribution is -2.41. The van der Waals surface area contributed by atoms with E-state index in [1.54, 1.807) is 13.8 Å². The lowest BCUT2D eigenvalue weighted by atomic mass is 10.1. The predicted molar refractivity (Wildman–Crippen MR) is 82.8 cm³/mol. The zero-order chi connectivity index (χ0) is 16.4. The number of esters is 1. The Bertz CT molecular complexity index is 551. The minimum atomic E-state index is -0.380. The Balaban J connectivity index is 3.36. The molecule has 0 unspecified atom stereocenters. The molecule has 0 saturated carbocycles. The molecular weight excluding hydrogens is 268 g/mol. The van der Waals surface area contributed by atoms with Gasteiger partial charge in [-0.2, -0.15) is 0 Å². The van der Waals surface area contributed by atoms with E-state index in [0.717, 1.165) is 5.69 Å². The number of carbonyl (C=O) groups excluding carboxylic acids is 2. The highest BCUT2D eigenvalue weighted by molar-refractivity contribution is 6.01. The van der Waals surface area contributed by atoms with E-state index in [9.17, 15) is 9.59 Å². The van der Waals surface area contributed by atoms with Crippen molar-refractivity contribution in [3.05, 3.63) is 22.5 Å². The van der Waals surface area contributed by atoms with Crippen molar-refractivity contribution in [2.45, 2.75) is 60.5 Å². The van der Waals surface area contributed by atoms with Crippen molar-refractivity contribution in [1.29, 1.82) is 0 Å². The van der Waals surface area contributed by atoms with Gasteiger partial charge in [0.25, 0.3) is 5.91 Å². The molecule has 0 aliphatic heterocycles. The van der Waals surface area contributed by atoms with Crippen LogP contribution in [0.25, 0.3) is 0 Å². The molecule has 1 N–H and O–H groups in total. The Morgan fingerprint density at radius 2 is 1.76 bits per heavy atom. The first kappa shape index (κ1) is 17.3. The molecule has 118 valence electrons. The molecule has 0 aliphatic rings. The fourth-order valence-electron chi connectivity index (χ4n) is 2.49. The average Bonchev–Trinajstić information content (AvgIpc) is 2.58. The van der Waals surface area contributed by atoms with Crippen molar-refractivity contribution in [3.63, 3.8) is 0 Å². The predicted octanol–water partition coefficient (Wildman–Crippen LogP) is 2.83. The molecule has 1 aromatic heterocycles. The molecule has 5 heteroatoms. The van der Waals surface area contributed by atoms with E-state index in [2.05, 4.69) is 5.32 Å². The zero-order valence-electron chi connectivity index (χ0n) is 14.1.